The maximum atomic E-state index is 8.48. The summed E-state index contributed by atoms with van der Waals surface area (Å²) in [5, 5.41) is 13.9. The summed E-state index contributed by atoms with van der Waals surface area (Å²) in [4.78, 5) is 10.2. The average molecular weight is 250 g/mol. The van der Waals surface area contributed by atoms with Crippen LogP contribution in [0.3, 0.4) is 0 Å². The van der Waals surface area contributed by atoms with Gasteiger partial charge < -0.3 is 14.6 Å². The molecule has 0 radical (unpaired) electrons. The van der Waals surface area contributed by atoms with Gasteiger partial charge in [-0.15, -0.1) is 0 Å². The lowest BCUT2D eigenvalue weighted by molar-refractivity contribution is 0.494. The summed E-state index contributed by atoms with van der Waals surface area (Å²) in [6.45, 7) is 5.07. The number of nitrogens with zero attached hydrogens (tertiary/aromatic N) is 4. The molecular weight excluding hydrogens is 232 g/mol. The first-order valence-corrected chi connectivity index (χ1v) is 5.59. The van der Waals surface area contributed by atoms with Crippen molar-refractivity contribution >= 4 is 11.8 Å². The van der Waals surface area contributed by atoms with Gasteiger partial charge in [0.1, 0.15) is 5.76 Å². The number of rotatable bonds is 4. The lowest BCUT2D eigenvalue weighted by Gasteiger charge is -2.17. The minimum atomic E-state index is 0.457. The Balaban J connectivity index is 2.45. The van der Waals surface area contributed by atoms with Gasteiger partial charge in [-0.1, -0.05) is 0 Å². The van der Waals surface area contributed by atoms with Crippen molar-refractivity contribution in [2.45, 2.75) is 13.8 Å². The third-order valence-electron chi connectivity index (χ3n) is 2.38. The van der Waals surface area contributed by atoms with Crippen molar-refractivity contribution < 1.29 is 4.42 Å². The topological polar surface area (TPSA) is 89.5 Å². The molecule has 7 nitrogen and oxygen atoms in total. The molecule has 0 amide bonds. The maximum Gasteiger partial charge on any atom is 0.204 e. The zero-order valence-corrected chi connectivity index (χ0v) is 11.1. The van der Waals surface area contributed by atoms with Crippen molar-refractivity contribution in [1.82, 2.24) is 15.6 Å². The highest BCUT2D eigenvalue weighted by Crippen LogP contribution is 2.17. The smallest absolute Gasteiger partial charge is 0.204 e. The number of aliphatic imine (C=N–C) groups is 1. The fourth-order valence-electron chi connectivity index (χ4n) is 1.55. The highest BCUT2D eigenvalue weighted by atomic mass is 16.4. The Kier molecular flexibility index (Phi) is 4.99. The van der Waals surface area contributed by atoms with Gasteiger partial charge in [-0.3, -0.25) is 10.3 Å². The fourth-order valence-corrected chi connectivity index (χ4v) is 1.55. The van der Waals surface area contributed by atoms with Gasteiger partial charge in [-0.25, -0.2) is 0 Å². The zero-order valence-electron chi connectivity index (χ0n) is 11.1. The summed E-state index contributed by atoms with van der Waals surface area (Å²) in [7, 11) is 3.55. The molecule has 0 aromatic carbocycles. The van der Waals surface area contributed by atoms with Crippen LogP contribution >= 0.6 is 0 Å². The number of aromatic nitrogens is 1. The second kappa shape index (κ2) is 6.49. The second-order valence-corrected chi connectivity index (χ2v) is 3.77. The molecular formula is C11H18N6O. The van der Waals surface area contributed by atoms with Crippen LogP contribution in [0.2, 0.25) is 0 Å². The molecule has 98 valence electrons. The number of anilines is 1. The maximum absolute atomic E-state index is 8.48. The van der Waals surface area contributed by atoms with Crippen LogP contribution in [-0.4, -0.2) is 38.1 Å². The molecule has 2 N–H and O–H groups in total. The van der Waals surface area contributed by atoms with Crippen LogP contribution < -0.4 is 15.5 Å². The van der Waals surface area contributed by atoms with Gasteiger partial charge in [0, 0.05) is 34.1 Å². The molecule has 0 spiro atoms. The molecule has 1 rings (SSSR count). The fraction of sp³-hybridized carbons (Fsp3) is 0.545. The van der Waals surface area contributed by atoms with Crippen molar-refractivity contribution in [3.8, 4) is 6.19 Å². The monoisotopic (exact) mass is 250 g/mol. The van der Waals surface area contributed by atoms with Crippen LogP contribution in [0.4, 0.5) is 5.82 Å². The standard InChI is InChI=1S/C11H18N6O/c1-8-10(16-9(2)18-8)17(4)6-5-14-11(13-3)15-7-12/h5-6H2,1-4H3,(H2,13,14,15). The minimum absolute atomic E-state index is 0.457. The van der Waals surface area contributed by atoms with Crippen molar-refractivity contribution in [2.24, 2.45) is 4.99 Å². The Morgan fingerprint density at radius 1 is 1.56 bits per heavy atom. The number of nitriles is 1. The van der Waals surface area contributed by atoms with Gasteiger partial charge >= 0.3 is 0 Å². The number of oxazole rings is 1. The lowest BCUT2D eigenvalue weighted by atomic mass is 10.4. The highest BCUT2D eigenvalue weighted by molar-refractivity contribution is 5.80. The normalized spacial score (nSPS) is 10.9. The van der Waals surface area contributed by atoms with E-state index in [-0.39, 0.29) is 0 Å². The van der Waals surface area contributed by atoms with Gasteiger partial charge in [-0.2, -0.15) is 10.2 Å². The molecule has 0 saturated heterocycles. The van der Waals surface area contributed by atoms with Crippen molar-refractivity contribution in [3.05, 3.63) is 11.7 Å². The van der Waals surface area contributed by atoms with E-state index in [1.807, 2.05) is 32.0 Å². The highest BCUT2D eigenvalue weighted by Gasteiger charge is 2.10. The number of likely N-dealkylation sites (N-methyl/N-ethyl adjacent to an activating group) is 1. The van der Waals surface area contributed by atoms with Gasteiger partial charge in [0.2, 0.25) is 5.96 Å². The number of hydrogen-bond acceptors (Lipinski definition) is 5. The van der Waals surface area contributed by atoms with Crippen LogP contribution in [-0.2, 0) is 0 Å². The van der Waals surface area contributed by atoms with Crippen LogP contribution in [0.1, 0.15) is 11.7 Å². The van der Waals surface area contributed by atoms with Crippen LogP contribution in [0.25, 0.3) is 0 Å². The average Bonchev–Trinajstić information content (AvgIpc) is 2.67. The number of aryl methyl sites for hydroxylation is 2. The van der Waals surface area contributed by atoms with E-state index in [2.05, 4.69) is 20.6 Å². The summed E-state index contributed by atoms with van der Waals surface area (Å²) in [6.07, 6.45) is 1.82. The first-order valence-electron chi connectivity index (χ1n) is 5.59. The molecule has 7 heteroatoms. The summed E-state index contributed by atoms with van der Waals surface area (Å²) in [5.41, 5.74) is 0. The minimum Gasteiger partial charge on any atom is -0.444 e. The van der Waals surface area contributed by atoms with E-state index < -0.39 is 0 Å². The lowest BCUT2D eigenvalue weighted by Crippen LogP contribution is -2.39. The van der Waals surface area contributed by atoms with E-state index in [0.717, 1.165) is 18.1 Å². The van der Waals surface area contributed by atoms with Crippen LogP contribution in [0.15, 0.2) is 9.41 Å². The first kappa shape index (κ1) is 13.8. The third-order valence-corrected chi connectivity index (χ3v) is 2.38. The SMILES string of the molecule is CN=C(NC#N)NCCN(C)c1nc(C)oc1C. The zero-order chi connectivity index (χ0) is 13.5. The number of hydrogen-bond donors (Lipinski definition) is 2. The Labute approximate surface area is 107 Å². The Morgan fingerprint density at radius 3 is 2.78 bits per heavy atom. The molecule has 0 atom stereocenters. The summed E-state index contributed by atoms with van der Waals surface area (Å²) in [5.74, 6) is 2.75. The molecule has 0 fully saturated rings. The van der Waals surface area contributed by atoms with E-state index in [1.165, 1.54) is 0 Å². The van der Waals surface area contributed by atoms with Gasteiger partial charge in [0.25, 0.3) is 0 Å². The van der Waals surface area contributed by atoms with Crippen molar-refractivity contribution in [2.75, 3.05) is 32.1 Å². The van der Waals surface area contributed by atoms with E-state index in [4.69, 9.17) is 9.68 Å². The quantitative estimate of drug-likeness (QED) is 0.347. The summed E-state index contributed by atoms with van der Waals surface area (Å²) < 4.78 is 5.37. The van der Waals surface area contributed by atoms with Crippen LogP contribution in [0.5, 0.6) is 0 Å². The Hall–Kier alpha value is -2.23. The second-order valence-electron chi connectivity index (χ2n) is 3.77. The molecule has 18 heavy (non-hydrogen) atoms. The molecule has 0 aliphatic rings. The van der Waals surface area contributed by atoms with E-state index in [1.54, 1.807) is 7.05 Å². The van der Waals surface area contributed by atoms with Crippen molar-refractivity contribution in [1.29, 1.82) is 5.26 Å². The largest absolute Gasteiger partial charge is 0.444 e. The Morgan fingerprint density at radius 2 is 2.28 bits per heavy atom. The van der Waals surface area contributed by atoms with Crippen LogP contribution in [0, 0.1) is 25.3 Å². The molecule has 1 heterocycles. The van der Waals surface area contributed by atoms with Crippen molar-refractivity contribution in [3.63, 3.8) is 0 Å². The molecule has 0 bridgehead atoms. The van der Waals surface area contributed by atoms with Gasteiger partial charge in [0.05, 0.1) is 0 Å². The number of guanidine groups is 1. The third kappa shape index (κ3) is 3.66. The molecule has 0 aliphatic carbocycles. The summed E-state index contributed by atoms with van der Waals surface area (Å²) in [6, 6.07) is 0. The number of nitrogens with one attached hydrogen (secondary N) is 2. The van der Waals surface area contributed by atoms with Gasteiger partial charge in [0.15, 0.2) is 17.9 Å². The predicted molar refractivity (Wildman–Crippen MR) is 69.4 cm³/mol. The molecule has 1 aromatic heterocycles. The molecule has 0 aliphatic heterocycles. The molecule has 0 saturated carbocycles. The predicted octanol–water partition coefficient (Wildman–Crippen LogP) is 0.374. The van der Waals surface area contributed by atoms with Gasteiger partial charge in [-0.05, 0) is 6.92 Å². The molecule has 1 aromatic rings. The Bertz CT molecular complexity index is 459. The first-order chi connectivity index (χ1) is 8.58. The molecule has 0 unspecified atom stereocenters. The van der Waals surface area contributed by atoms with E-state index in [0.29, 0.717) is 18.4 Å². The van der Waals surface area contributed by atoms with E-state index in [9.17, 15) is 0 Å². The van der Waals surface area contributed by atoms with E-state index >= 15 is 0 Å². The summed E-state index contributed by atoms with van der Waals surface area (Å²) >= 11 is 0.